The molecule has 0 aliphatic heterocycles. The molecule has 0 aliphatic rings. The normalized spacial score (nSPS) is 10.0. The second-order valence-corrected chi connectivity index (χ2v) is 3.74. The van der Waals surface area contributed by atoms with E-state index in [1.807, 2.05) is 18.2 Å². The van der Waals surface area contributed by atoms with Crippen molar-refractivity contribution < 1.29 is 5.11 Å². The van der Waals surface area contributed by atoms with Gasteiger partial charge in [0.2, 0.25) is 0 Å². The van der Waals surface area contributed by atoms with E-state index in [-0.39, 0.29) is 6.61 Å². The van der Waals surface area contributed by atoms with Crippen LogP contribution in [0, 0.1) is 0 Å². The average Bonchev–Trinajstić information content (AvgIpc) is 2.26. The maximum absolute atomic E-state index is 8.98. The molecule has 2 nitrogen and oxygen atoms in total. The van der Waals surface area contributed by atoms with Crippen LogP contribution in [0.5, 0.6) is 0 Å². The van der Waals surface area contributed by atoms with E-state index in [0.29, 0.717) is 5.02 Å². The van der Waals surface area contributed by atoms with Crippen LogP contribution in [0.2, 0.25) is 5.02 Å². The number of unbranched alkanes of at least 4 members (excludes halogenated alkanes) is 1. The third kappa shape index (κ3) is 3.94. The van der Waals surface area contributed by atoms with Crippen LogP contribution in [-0.4, -0.2) is 11.7 Å². The Morgan fingerprint density at radius 2 is 2.27 bits per heavy atom. The lowest BCUT2D eigenvalue weighted by Gasteiger charge is -2.09. The minimum Gasteiger partial charge on any atom is -0.392 e. The maximum Gasteiger partial charge on any atom is 0.0682 e. The molecule has 0 radical (unpaired) electrons. The van der Waals surface area contributed by atoms with Crippen LogP contribution in [0.3, 0.4) is 0 Å². The molecule has 1 aromatic carbocycles. The number of halogens is 1. The van der Waals surface area contributed by atoms with Crippen LogP contribution < -0.4 is 5.32 Å². The number of allylic oxidation sites excluding steroid dienone is 1. The highest BCUT2D eigenvalue weighted by Gasteiger charge is 2.00. The fourth-order valence-electron chi connectivity index (χ4n) is 1.28. The Kier molecular flexibility index (Phi) is 5.22. The molecule has 0 aliphatic carbocycles. The molecule has 0 bridgehead atoms. The summed E-state index contributed by atoms with van der Waals surface area (Å²) in [5.74, 6) is 0. The molecule has 82 valence electrons. The van der Waals surface area contributed by atoms with Crippen molar-refractivity contribution in [1.29, 1.82) is 0 Å². The Morgan fingerprint density at radius 1 is 1.47 bits per heavy atom. The van der Waals surface area contributed by atoms with Crippen molar-refractivity contribution in [3.05, 3.63) is 41.4 Å². The summed E-state index contributed by atoms with van der Waals surface area (Å²) in [4.78, 5) is 0. The van der Waals surface area contributed by atoms with Gasteiger partial charge in [-0.2, -0.15) is 0 Å². The monoisotopic (exact) mass is 225 g/mol. The van der Waals surface area contributed by atoms with Crippen LogP contribution in [-0.2, 0) is 6.61 Å². The fraction of sp³-hybridized carbons (Fsp3) is 0.333. The van der Waals surface area contributed by atoms with E-state index in [1.165, 1.54) is 0 Å². The van der Waals surface area contributed by atoms with Gasteiger partial charge in [0.1, 0.15) is 0 Å². The van der Waals surface area contributed by atoms with Crippen LogP contribution in [0.1, 0.15) is 18.4 Å². The van der Waals surface area contributed by atoms with E-state index in [0.717, 1.165) is 30.6 Å². The molecule has 0 heterocycles. The Balaban J connectivity index is 2.54. The minimum absolute atomic E-state index is 0.0402. The minimum atomic E-state index is 0.0402. The Hall–Kier alpha value is -0.990. The van der Waals surface area contributed by atoms with E-state index in [9.17, 15) is 0 Å². The number of rotatable bonds is 6. The first-order valence-electron chi connectivity index (χ1n) is 5.02. The number of hydrogen-bond donors (Lipinski definition) is 2. The van der Waals surface area contributed by atoms with E-state index in [4.69, 9.17) is 16.7 Å². The van der Waals surface area contributed by atoms with Crippen LogP contribution >= 0.6 is 11.6 Å². The average molecular weight is 226 g/mol. The topological polar surface area (TPSA) is 32.3 Å². The summed E-state index contributed by atoms with van der Waals surface area (Å²) >= 11 is 6.00. The highest BCUT2D eigenvalue weighted by Crippen LogP contribution is 2.23. The standard InChI is InChI=1S/C12H16ClNO/c1-2-3-4-7-14-12-8-10(9-15)5-6-11(12)13/h2,5-6,8,14-15H,1,3-4,7,9H2. The first kappa shape index (κ1) is 12.1. The molecule has 0 spiro atoms. The van der Waals surface area contributed by atoms with Gasteiger partial charge in [-0.1, -0.05) is 23.7 Å². The van der Waals surface area contributed by atoms with E-state index >= 15 is 0 Å². The number of anilines is 1. The summed E-state index contributed by atoms with van der Waals surface area (Å²) in [5.41, 5.74) is 1.75. The van der Waals surface area contributed by atoms with Gasteiger partial charge in [0, 0.05) is 6.54 Å². The van der Waals surface area contributed by atoms with Crippen molar-refractivity contribution in [2.45, 2.75) is 19.4 Å². The van der Waals surface area contributed by atoms with Gasteiger partial charge in [0.25, 0.3) is 0 Å². The van der Waals surface area contributed by atoms with Crippen LogP contribution in [0.15, 0.2) is 30.9 Å². The SMILES string of the molecule is C=CCCCNc1cc(CO)ccc1Cl. The van der Waals surface area contributed by atoms with Crippen LogP contribution in [0.25, 0.3) is 0 Å². The maximum atomic E-state index is 8.98. The Labute approximate surface area is 95.6 Å². The molecule has 2 N–H and O–H groups in total. The summed E-state index contributed by atoms with van der Waals surface area (Å²) < 4.78 is 0. The fourth-order valence-corrected chi connectivity index (χ4v) is 1.46. The smallest absolute Gasteiger partial charge is 0.0682 e. The molecule has 1 rings (SSSR count). The van der Waals surface area contributed by atoms with Gasteiger partial charge < -0.3 is 10.4 Å². The summed E-state index contributed by atoms with van der Waals surface area (Å²) in [5, 5.41) is 12.9. The van der Waals surface area contributed by atoms with Gasteiger partial charge in [-0.25, -0.2) is 0 Å². The summed E-state index contributed by atoms with van der Waals surface area (Å²) in [6, 6.07) is 5.48. The number of nitrogens with one attached hydrogen (secondary N) is 1. The van der Waals surface area contributed by atoms with Gasteiger partial charge >= 0.3 is 0 Å². The first-order valence-corrected chi connectivity index (χ1v) is 5.39. The van der Waals surface area contributed by atoms with Gasteiger partial charge in [-0.3, -0.25) is 0 Å². The molecule has 15 heavy (non-hydrogen) atoms. The zero-order chi connectivity index (χ0) is 11.1. The summed E-state index contributed by atoms with van der Waals surface area (Å²) in [6.07, 6.45) is 3.92. The number of aliphatic hydroxyl groups excluding tert-OH is 1. The molecule has 0 saturated heterocycles. The van der Waals surface area contributed by atoms with Gasteiger partial charge in [-0.05, 0) is 30.5 Å². The summed E-state index contributed by atoms with van der Waals surface area (Å²) in [7, 11) is 0. The van der Waals surface area contributed by atoms with Crippen molar-refractivity contribution in [2.24, 2.45) is 0 Å². The zero-order valence-electron chi connectivity index (χ0n) is 8.67. The van der Waals surface area contributed by atoms with E-state index in [1.54, 1.807) is 6.07 Å². The highest BCUT2D eigenvalue weighted by molar-refractivity contribution is 6.33. The van der Waals surface area contributed by atoms with Gasteiger partial charge in [0.05, 0.1) is 17.3 Å². The lowest BCUT2D eigenvalue weighted by Crippen LogP contribution is -2.02. The molecule has 3 heteroatoms. The molecule has 0 fully saturated rings. The molecular formula is C12H16ClNO. The Bertz CT molecular complexity index is 325. The Morgan fingerprint density at radius 3 is 2.93 bits per heavy atom. The third-order valence-corrected chi connectivity index (χ3v) is 2.44. The molecule has 0 amide bonds. The number of benzene rings is 1. The third-order valence-electron chi connectivity index (χ3n) is 2.11. The number of aliphatic hydroxyl groups is 1. The molecular weight excluding hydrogens is 210 g/mol. The first-order chi connectivity index (χ1) is 7.27. The lowest BCUT2D eigenvalue weighted by molar-refractivity contribution is 0.282. The predicted molar refractivity (Wildman–Crippen MR) is 65.3 cm³/mol. The second-order valence-electron chi connectivity index (χ2n) is 3.33. The van der Waals surface area contributed by atoms with E-state index < -0.39 is 0 Å². The summed E-state index contributed by atoms with van der Waals surface area (Å²) in [6.45, 7) is 4.57. The van der Waals surface area contributed by atoms with Crippen molar-refractivity contribution in [2.75, 3.05) is 11.9 Å². The largest absolute Gasteiger partial charge is 0.392 e. The highest BCUT2D eigenvalue weighted by atomic mass is 35.5. The van der Waals surface area contributed by atoms with Crippen molar-refractivity contribution in [3.8, 4) is 0 Å². The molecule has 0 saturated carbocycles. The zero-order valence-corrected chi connectivity index (χ0v) is 9.43. The molecule has 0 unspecified atom stereocenters. The van der Waals surface area contributed by atoms with Crippen molar-refractivity contribution in [3.63, 3.8) is 0 Å². The van der Waals surface area contributed by atoms with Crippen molar-refractivity contribution in [1.82, 2.24) is 0 Å². The van der Waals surface area contributed by atoms with Gasteiger partial charge in [-0.15, -0.1) is 6.58 Å². The molecule has 0 atom stereocenters. The van der Waals surface area contributed by atoms with Crippen molar-refractivity contribution >= 4 is 17.3 Å². The number of hydrogen-bond acceptors (Lipinski definition) is 2. The predicted octanol–water partition coefficient (Wildman–Crippen LogP) is 3.21. The molecule has 1 aromatic rings. The second kappa shape index (κ2) is 6.49. The lowest BCUT2D eigenvalue weighted by atomic mass is 10.2. The molecule has 0 aromatic heterocycles. The van der Waals surface area contributed by atoms with E-state index in [2.05, 4.69) is 11.9 Å². The van der Waals surface area contributed by atoms with Crippen LogP contribution in [0.4, 0.5) is 5.69 Å². The quantitative estimate of drug-likeness (QED) is 0.576. The van der Waals surface area contributed by atoms with Gasteiger partial charge in [0.15, 0.2) is 0 Å².